The molecule has 9 amide bonds. The number of benzene rings is 1. The summed E-state index contributed by atoms with van der Waals surface area (Å²) in [5.74, 6) is -7.44. The maximum absolute atomic E-state index is 13.5. The van der Waals surface area contributed by atoms with Gasteiger partial charge in [0.1, 0.15) is 48.0 Å². The van der Waals surface area contributed by atoms with Gasteiger partial charge in [0.2, 0.25) is 47.3 Å². The second kappa shape index (κ2) is 23.6. The second-order valence-corrected chi connectivity index (χ2v) is 14.3. The van der Waals surface area contributed by atoms with Crippen LogP contribution in [0.1, 0.15) is 69.8 Å². The van der Waals surface area contributed by atoms with Gasteiger partial charge in [0, 0.05) is 19.3 Å². The Hall–Kier alpha value is -5.71. The van der Waals surface area contributed by atoms with Crippen LogP contribution in [0, 0.1) is 0 Å². The fourth-order valence-corrected chi connectivity index (χ4v) is 6.54. The number of rotatable bonds is 24. The van der Waals surface area contributed by atoms with Crippen molar-refractivity contribution in [2.24, 2.45) is 17.2 Å². The molecule has 2 fully saturated rings. The van der Waals surface area contributed by atoms with Crippen LogP contribution >= 0.6 is 0 Å². The molecule has 2 aliphatic heterocycles. The number of unbranched alkanes of at least 4 members (excludes halogenated alkanes) is 2. The number of carbonyl (C=O) groups is 9. The Labute approximate surface area is 340 Å². The van der Waals surface area contributed by atoms with E-state index < -0.39 is 103 Å². The molecule has 0 saturated carbocycles. The van der Waals surface area contributed by atoms with Crippen molar-refractivity contribution >= 4 is 53.2 Å². The number of amides is 9. The molecule has 3 rings (SSSR count). The van der Waals surface area contributed by atoms with Crippen molar-refractivity contribution < 1.29 is 58.5 Å². The van der Waals surface area contributed by atoms with Gasteiger partial charge in [0.05, 0.1) is 13.2 Å². The van der Waals surface area contributed by atoms with Crippen LogP contribution < -0.4 is 49.1 Å². The van der Waals surface area contributed by atoms with Gasteiger partial charge in [-0.05, 0) is 82.2 Å². The van der Waals surface area contributed by atoms with Crippen molar-refractivity contribution in [2.45, 2.75) is 113 Å². The fourth-order valence-electron chi connectivity index (χ4n) is 6.54. The number of aliphatic hydroxyl groups is 2. The standard InChI is InChI=1S/C37H56N10O12/c38-15-3-1-5-22(31(40)53)42-33(55)25(17-20-7-9-21(50)10-8-20)44-34(56)26(18-48)46-35(57)27(19-49)45-32(54)23(6-2-4-16-39)43-36(58)28-12-14-30(52)47(28)37(59)24-11-13-29(51)41-24/h7-10,22-28,48-50H,1-6,11-19,38-39H2,(H2,40,53)(H,41,51)(H,42,55)(H,43,58)(H,44,56)(H,45,54)(H,46,57)/t22-,23-,24+,25-,26-,27-,28+/m0/s1. The number of likely N-dealkylation sites (tertiary alicyclic amines) is 1. The first-order valence-corrected chi connectivity index (χ1v) is 19.5. The highest BCUT2D eigenvalue weighted by Gasteiger charge is 2.45. The van der Waals surface area contributed by atoms with Crippen LogP contribution in [0.2, 0.25) is 0 Å². The predicted molar refractivity (Wildman–Crippen MR) is 207 cm³/mol. The van der Waals surface area contributed by atoms with Crippen molar-refractivity contribution in [1.29, 1.82) is 0 Å². The molecule has 0 aromatic heterocycles. The number of carbonyl (C=O) groups excluding carboxylic acids is 9. The van der Waals surface area contributed by atoms with Crippen molar-refractivity contribution in [1.82, 2.24) is 36.8 Å². The zero-order chi connectivity index (χ0) is 43.6. The third kappa shape index (κ3) is 14.3. The molecular weight excluding hydrogens is 776 g/mol. The summed E-state index contributed by atoms with van der Waals surface area (Å²) in [7, 11) is 0. The van der Waals surface area contributed by atoms with Crippen LogP contribution in [0.3, 0.4) is 0 Å². The molecule has 22 heteroatoms. The number of nitrogens with two attached hydrogens (primary N) is 3. The van der Waals surface area contributed by atoms with Crippen molar-refractivity contribution in [3.05, 3.63) is 29.8 Å². The summed E-state index contributed by atoms with van der Waals surface area (Å²) in [5.41, 5.74) is 17.1. The highest BCUT2D eigenvalue weighted by atomic mass is 16.3. The van der Waals surface area contributed by atoms with E-state index in [-0.39, 0.29) is 63.1 Å². The Morgan fingerprint density at radius 3 is 1.71 bits per heavy atom. The zero-order valence-corrected chi connectivity index (χ0v) is 32.7. The summed E-state index contributed by atoms with van der Waals surface area (Å²) >= 11 is 0. The Bertz CT molecular complexity index is 1680. The van der Waals surface area contributed by atoms with Crippen LogP contribution in [-0.2, 0) is 49.6 Å². The van der Waals surface area contributed by atoms with Gasteiger partial charge in [-0.1, -0.05) is 12.1 Å². The molecule has 1 aromatic carbocycles. The number of imide groups is 1. The monoisotopic (exact) mass is 832 g/mol. The lowest BCUT2D eigenvalue weighted by Gasteiger charge is -2.28. The summed E-state index contributed by atoms with van der Waals surface area (Å²) in [6, 6.07) is -3.88. The minimum Gasteiger partial charge on any atom is -0.508 e. The fraction of sp³-hybridized carbons (Fsp3) is 0.595. The normalized spacial score (nSPS) is 18.7. The zero-order valence-electron chi connectivity index (χ0n) is 32.7. The number of aromatic hydroxyl groups is 1. The van der Waals surface area contributed by atoms with E-state index >= 15 is 0 Å². The largest absolute Gasteiger partial charge is 0.508 e. The summed E-state index contributed by atoms with van der Waals surface area (Å²) in [6.45, 7) is -1.41. The Balaban J connectivity index is 1.72. The minimum absolute atomic E-state index is 0.00236. The van der Waals surface area contributed by atoms with E-state index in [0.717, 1.165) is 4.90 Å². The number of phenolic OH excluding ortho intramolecular Hbond substituents is 1. The molecule has 0 aliphatic carbocycles. The Morgan fingerprint density at radius 1 is 0.695 bits per heavy atom. The minimum atomic E-state index is -1.73. The van der Waals surface area contributed by atoms with Gasteiger partial charge in [-0.2, -0.15) is 0 Å². The van der Waals surface area contributed by atoms with E-state index in [4.69, 9.17) is 17.2 Å². The smallest absolute Gasteiger partial charge is 0.252 e. The summed E-state index contributed by atoms with van der Waals surface area (Å²) in [5, 5.41) is 44.4. The maximum atomic E-state index is 13.5. The molecule has 22 nitrogen and oxygen atoms in total. The molecule has 59 heavy (non-hydrogen) atoms. The molecule has 1 aromatic rings. The van der Waals surface area contributed by atoms with E-state index in [1.807, 2.05) is 0 Å². The van der Waals surface area contributed by atoms with Crippen molar-refractivity contribution in [3.63, 3.8) is 0 Å². The van der Waals surface area contributed by atoms with E-state index in [9.17, 15) is 58.5 Å². The number of primary amides is 1. The number of hydrogen-bond donors (Lipinski definition) is 12. The number of nitrogens with zero attached hydrogens (tertiary/aromatic N) is 1. The summed E-state index contributed by atoms with van der Waals surface area (Å²) < 4.78 is 0. The number of phenols is 1. The second-order valence-electron chi connectivity index (χ2n) is 14.3. The molecule has 0 bridgehead atoms. The maximum Gasteiger partial charge on any atom is 0.252 e. The molecule has 326 valence electrons. The highest BCUT2D eigenvalue weighted by Crippen LogP contribution is 2.23. The molecule has 7 atom stereocenters. The number of nitrogens with one attached hydrogen (secondary N) is 6. The van der Waals surface area contributed by atoms with E-state index in [1.165, 1.54) is 24.3 Å². The lowest BCUT2D eigenvalue weighted by Crippen LogP contribution is -2.61. The van der Waals surface area contributed by atoms with E-state index in [1.54, 1.807) is 0 Å². The van der Waals surface area contributed by atoms with E-state index in [2.05, 4.69) is 31.9 Å². The summed E-state index contributed by atoms with van der Waals surface area (Å²) in [4.78, 5) is 118. The van der Waals surface area contributed by atoms with E-state index in [0.29, 0.717) is 37.8 Å². The molecule has 2 saturated heterocycles. The van der Waals surface area contributed by atoms with Gasteiger partial charge in [0.25, 0.3) is 5.91 Å². The lowest BCUT2D eigenvalue weighted by atomic mass is 10.0. The topological polar surface area (TPSA) is 368 Å². The Kier molecular flexibility index (Phi) is 19.1. The van der Waals surface area contributed by atoms with Crippen molar-refractivity contribution in [3.8, 4) is 5.75 Å². The SMILES string of the molecule is NCCCC[C@H](NC(=O)[C@H](Cc1ccc(O)cc1)NC(=O)[C@H](CO)NC(=O)[C@H](CO)NC(=O)[C@H](CCCCN)NC(=O)[C@H]1CCC(=O)N1C(=O)[C@H]1CCC(=O)N1)C(N)=O. The van der Waals surface area contributed by atoms with Gasteiger partial charge in [-0.15, -0.1) is 0 Å². The number of hydrogen-bond acceptors (Lipinski definition) is 14. The van der Waals surface area contributed by atoms with Gasteiger partial charge in [0.15, 0.2) is 0 Å². The molecular formula is C37H56N10O12. The predicted octanol–water partition coefficient (Wildman–Crippen LogP) is -5.12. The highest BCUT2D eigenvalue weighted by molar-refractivity contribution is 6.06. The van der Waals surface area contributed by atoms with Crippen LogP contribution in [0.5, 0.6) is 5.75 Å². The quantitative estimate of drug-likeness (QED) is 0.0343. The van der Waals surface area contributed by atoms with Gasteiger partial charge >= 0.3 is 0 Å². The molecule has 0 unspecified atom stereocenters. The molecule has 0 spiro atoms. The van der Waals surface area contributed by atoms with Crippen LogP contribution in [0.15, 0.2) is 24.3 Å². The Morgan fingerprint density at radius 2 is 1.20 bits per heavy atom. The third-order valence-electron chi connectivity index (χ3n) is 9.87. The van der Waals surface area contributed by atoms with Crippen LogP contribution in [-0.4, -0.2) is 142 Å². The van der Waals surface area contributed by atoms with Gasteiger partial charge in [-0.25, -0.2) is 0 Å². The first-order valence-electron chi connectivity index (χ1n) is 19.5. The lowest BCUT2D eigenvalue weighted by molar-refractivity contribution is -0.149. The third-order valence-corrected chi connectivity index (χ3v) is 9.87. The van der Waals surface area contributed by atoms with Crippen molar-refractivity contribution in [2.75, 3.05) is 26.3 Å². The average Bonchev–Trinajstić information content (AvgIpc) is 3.83. The first-order chi connectivity index (χ1) is 28.1. The first kappa shape index (κ1) is 47.7. The summed E-state index contributed by atoms with van der Waals surface area (Å²) in [6.07, 6.45) is 1.83. The van der Waals surface area contributed by atoms with Gasteiger partial charge < -0.3 is 64.4 Å². The number of aliphatic hydroxyl groups excluding tert-OH is 2. The van der Waals surface area contributed by atoms with Crippen LogP contribution in [0.25, 0.3) is 0 Å². The van der Waals surface area contributed by atoms with Crippen LogP contribution in [0.4, 0.5) is 0 Å². The van der Waals surface area contributed by atoms with Gasteiger partial charge in [-0.3, -0.25) is 48.1 Å². The molecule has 15 N–H and O–H groups in total. The molecule has 2 heterocycles. The molecule has 2 aliphatic rings. The molecule has 0 radical (unpaired) electrons. The average molecular weight is 833 g/mol.